The van der Waals surface area contributed by atoms with Gasteiger partial charge in [-0.1, -0.05) is 0 Å². The zero-order valence-electron chi connectivity index (χ0n) is 11.1. The molecule has 0 bridgehead atoms. The molecule has 1 aromatic carbocycles. The zero-order chi connectivity index (χ0) is 13.5. The molecule has 1 fully saturated rings. The minimum Gasteiger partial charge on any atom is -0.491 e. The molecule has 2 rings (SSSR count). The second-order valence-electron chi connectivity index (χ2n) is 4.54. The third-order valence-corrected chi connectivity index (χ3v) is 3.11. The van der Waals surface area contributed by atoms with Crippen molar-refractivity contribution in [2.45, 2.75) is 6.42 Å². The van der Waals surface area contributed by atoms with E-state index in [0.717, 1.165) is 30.9 Å². The van der Waals surface area contributed by atoms with E-state index in [-0.39, 0.29) is 11.8 Å². The van der Waals surface area contributed by atoms with E-state index in [1.807, 2.05) is 24.3 Å². The summed E-state index contributed by atoms with van der Waals surface area (Å²) in [6, 6.07) is 7.39. The zero-order valence-corrected chi connectivity index (χ0v) is 11.1. The number of ether oxygens (including phenoxy) is 2. The summed E-state index contributed by atoms with van der Waals surface area (Å²) in [7, 11) is 1.64. The lowest BCUT2D eigenvalue weighted by Crippen LogP contribution is -2.24. The smallest absolute Gasteiger partial charge is 0.228 e. The maximum atomic E-state index is 11.9. The standard InChI is InChI=1S/C14H20N2O3/c1-18-8-9-19-13-4-2-12(3-5-13)16-14(17)11-6-7-15-10-11/h2-5,11,15H,6-10H2,1H3,(H,16,17). The Morgan fingerprint density at radius 1 is 1.37 bits per heavy atom. The Kier molecular flexibility index (Phi) is 5.18. The Hall–Kier alpha value is -1.59. The Bertz CT molecular complexity index is 400. The van der Waals surface area contributed by atoms with Gasteiger partial charge in [-0.15, -0.1) is 0 Å². The largest absolute Gasteiger partial charge is 0.491 e. The van der Waals surface area contributed by atoms with Crippen molar-refractivity contribution in [3.05, 3.63) is 24.3 Å². The van der Waals surface area contributed by atoms with Crippen molar-refractivity contribution in [3.63, 3.8) is 0 Å². The summed E-state index contributed by atoms with van der Waals surface area (Å²) in [5, 5.41) is 6.10. The van der Waals surface area contributed by atoms with Gasteiger partial charge in [-0.25, -0.2) is 0 Å². The molecule has 1 heterocycles. The molecule has 1 saturated heterocycles. The van der Waals surface area contributed by atoms with E-state index in [4.69, 9.17) is 9.47 Å². The predicted octanol–water partition coefficient (Wildman–Crippen LogP) is 1.26. The number of rotatable bonds is 6. The van der Waals surface area contributed by atoms with Gasteiger partial charge in [-0.05, 0) is 37.2 Å². The van der Waals surface area contributed by atoms with Gasteiger partial charge in [-0.3, -0.25) is 4.79 Å². The van der Waals surface area contributed by atoms with E-state index in [1.54, 1.807) is 7.11 Å². The average Bonchev–Trinajstić information content (AvgIpc) is 2.95. The number of methoxy groups -OCH3 is 1. The molecular weight excluding hydrogens is 244 g/mol. The Labute approximate surface area is 113 Å². The molecule has 0 aromatic heterocycles. The highest BCUT2D eigenvalue weighted by atomic mass is 16.5. The molecule has 1 atom stereocenters. The van der Waals surface area contributed by atoms with E-state index in [0.29, 0.717) is 13.2 Å². The van der Waals surface area contributed by atoms with Crippen molar-refractivity contribution in [3.8, 4) is 5.75 Å². The minimum atomic E-state index is 0.0811. The molecule has 1 aliphatic rings. The van der Waals surface area contributed by atoms with Gasteiger partial charge in [0.25, 0.3) is 0 Å². The molecule has 2 N–H and O–H groups in total. The number of carbonyl (C=O) groups excluding carboxylic acids is 1. The molecule has 0 aliphatic carbocycles. The van der Waals surface area contributed by atoms with Crippen LogP contribution in [0.2, 0.25) is 0 Å². The summed E-state index contributed by atoms with van der Waals surface area (Å²) in [5.41, 5.74) is 0.802. The van der Waals surface area contributed by atoms with Gasteiger partial charge in [-0.2, -0.15) is 0 Å². The second-order valence-corrected chi connectivity index (χ2v) is 4.54. The third kappa shape index (κ3) is 4.22. The first-order valence-corrected chi connectivity index (χ1v) is 6.53. The minimum absolute atomic E-state index is 0.0811. The molecule has 0 saturated carbocycles. The van der Waals surface area contributed by atoms with Crippen molar-refractivity contribution in [2.24, 2.45) is 5.92 Å². The summed E-state index contributed by atoms with van der Waals surface area (Å²) >= 11 is 0. The van der Waals surface area contributed by atoms with Crippen LogP contribution >= 0.6 is 0 Å². The van der Waals surface area contributed by atoms with Gasteiger partial charge in [0, 0.05) is 19.3 Å². The summed E-state index contributed by atoms with van der Waals surface area (Å²) in [6.07, 6.45) is 0.907. The Balaban J connectivity index is 1.82. The van der Waals surface area contributed by atoms with Crippen LogP contribution in [0.1, 0.15) is 6.42 Å². The molecule has 0 radical (unpaired) electrons. The van der Waals surface area contributed by atoms with E-state index in [2.05, 4.69) is 10.6 Å². The van der Waals surface area contributed by atoms with Crippen LogP contribution in [0.5, 0.6) is 5.75 Å². The predicted molar refractivity (Wildman–Crippen MR) is 73.4 cm³/mol. The second kappa shape index (κ2) is 7.11. The van der Waals surface area contributed by atoms with Crippen molar-refractivity contribution < 1.29 is 14.3 Å². The highest BCUT2D eigenvalue weighted by Crippen LogP contribution is 2.17. The van der Waals surface area contributed by atoms with Crippen molar-refractivity contribution >= 4 is 11.6 Å². The van der Waals surface area contributed by atoms with Crippen LogP contribution in [-0.2, 0) is 9.53 Å². The van der Waals surface area contributed by atoms with Crippen LogP contribution in [-0.4, -0.2) is 39.3 Å². The Morgan fingerprint density at radius 2 is 2.16 bits per heavy atom. The molecule has 5 nitrogen and oxygen atoms in total. The maximum absolute atomic E-state index is 11.9. The van der Waals surface area contributed by atoms with Gasteiger partial charge in [0.1, 0.15) is 12.4 Å². The molecule has 1 unspecified atom stereocenters. The average molecular weight is 264 g/mol. The van der Waals surface area contributed by atoms with Gasteiger partial charge >= 0.3 is 0 Å². The molecule has 1 aliphatic heterocycles. The van der Waals surface area contributed by atoms with Crippen LogP contribution in [0, 0.1) is 5.92 Å². The van der Waals surface area contributed by atoms with E-state index in [1.165, 1.54) is 0 Å². The number of benzene rings is 1. The molecule has 5 heteroatoms. The first-order valence-electron chi connectivity index (χ1n) is 6.53. The fourth-order valence-electron chi connectivity index (χ4n) is 2.00. The maximum Gasteiger partial charge on any atom is 0.228 e. The van der Waals surface area contributed by atoms with E-state index < -0.39 is 0 Å². The van der Waals surface area contributed by atoms with Crippen LogP contribution in [0.3, 0.4) is 0 Å². The molecule has 1 amide bonds. The van der Waals surface area contributed by atoms with Gasteiger partial charge < -0.3 is 20.1 Å². The van der Waals surface area contributed by atoms with Gasteiger partial charge in [0.2, 0.25) is 5.91 Å². The highest BCUT2D eigenvalue weighted by molar-refractivity contribution is 5.92. The van der Waals surface area contributed by atoms with E-state index in [9.17, 15) is 4.79 Å². The molecular formula is C14H20N2O3. The van der Waals surface area contributed by atoms with Crippen LogP contribution in [0.4, 0.5) is 5.69 Å². The summed E-state index contributed by atoms with van der Waals surface area (Å²) in [4.78, 5) is 11.9. The lowest BCUT2D eigenvalue weighted by Gasteiger charge is -2.10. The summed E-state index contributed by atoms with van der Waals surface area (Å²) < 4.78 is 10.4. The quantitative estimate of drug-likeness (QED) is 0.759. The number of nitrogens with one attached hydrogen (secondary N) is 2. The third-order valence-electron chi connectivity index (χ3n) is 3.11. The first-order chi connectivity index (χ1) is 9.29. The fraction of sp³-hybridized carbons (Fsp3) is 0.500. The number of amides is 1. The number of carbonyl (C=O) groups is 1. The van der Waals surface area contributed by atoms with E-state index >= 15 is 0 Å². The van der Waals surface area contributed by atoms with Gasteiger partial charge in [0.15, 0.2) is 0 Å². The monoisotopic (exact) mass is 264 g/mol. The molecule has 19 heavy (non-hydrogen) atoms. The SMILES string of the molecule is COCCOc1ccc(NC(=O)C2CCNC2)cc1. The Morgan fingerprint density at radius 3 is 2.79 bits per heavy atom. The topological polar surface area (TPSA) is 59.6 Å². The fourth-order valence-corrected chi connectivity index (χ4v) is 2.00. The number of hydrogen-bond donors (Lipinski definition) is 2. The first kappa shape index (κ1) is 13.8. The number of hydrogen-bond acceptors (Lipinski definition) is 4. The van der Waals surface area contributed by atoms with Crippen molar-refractivity contribution in [2.75, 3.05) is 38.7 Å². The molecule has 1 aromatic rings. The lowest BCUT2D eigenvalue weighted by molar-refractivity contribution is -0.119. The number of anilines is 1. The normalized spacial score (nSPS) is 18.3. The van der Waals surface area contributed by atoms with Crippen LogP contribution < -0.4 is 15.4 Å². The molecule has 0 spiro atoms. The van der Waals surface area contributed by atoms with Gasteiger partial charge in [0.05, 0.1) is 12.5 Å². The highest BCUT2D eigenvalue weighted by Gasteiger charge is 2.22. The molecule has 104 valence electrons. The van der Waals surface area contributed by atoms with Crippen LogP contribution in [0.25, 0.3) is 0 Å². The summed E-state index contributed by atoms with van der Waals surface area (Å²) in [6.45, 7) is 2.78. The summed E-state index contributed by atoms with van der Waals surface area (Å²) in [5.74, 6) is 0.938. The lowest BCUT2D eigenvalue weighted by atomic mass is 10.1. The van der Waals surface area contributed by atoms with Crippen molar-refractivity contribution in [1.82, 2.24) is 5.32 Å². The van der Waals surface area contributed by atoms with Crippen LogP contribution in [0.15, 0.2) is 24.3 Å². The van der Waals surface area contributed by atoms with Crippen molar-refractivity contribution in [1.29, 1.82) is 0 Å².